The van der Waals surface area contributed by atoms with Gasteiger partial charge in [0.1, 0.15) is 11.6 Å². The molecule has 0 fully saturated rings. The molecule has 106 valence electrons. The zero-order valence-corrected chi connectivity index (χ0v) is 11.6. The Kier molecular flexibility index (Phi) is 4.85. The van der Waals surface area contributed by atoms with Crippen LogP contribution in [0.4, 0.5) is 8.78 Å². The summed E-state index contributed by atoms with van der Waals surface area (Å²) in [6.45, 7) is 2.46. The fraction of sp³-hybridized carbons (Fsp3) is 0.294. The van der Waals surface area contributed by atoms with Crippen LogP contribution in [0.1, 0.15) is 16.7 Å². The van der Waals surface area contributed by atoms with Crippen LogP contribution in [0.2, 0.25) is 0 Å². The molecule has 1 unspecified atom stereocenters. The van der Waals surface area contributed by atoms with Crippen LogP contribution in [0.25, 0.3) is 0 Å². The van der Waals surface area contributed by atoms with E-state index in [9.17, 15) is 8.78 Å². The average Bonchev–Trinajstić information content (AvgIpc) is 2.43. The highest BCUT2D eigenvalue weighted by atomic mass is 19.1. The predicted octanol–water partition coefficient (Wildman–Crippen LogP) is 3.63. The van der Waals surface area contributed by atoms with Crippen molar-refractivity contribution in [3.8, 4) is 0 Å². The number of nitrogens with two attached hydrogens (primary N) is 1. The highest BCUT2D eigenvalue weighted by Gasteiger charge is 2.11. The predicted molar refractivity (Wildman–Crippen MR) is 77.5 cm³/mol. The van der Waals surface area contributed by atoms with Crippen LogP contribution < -0.4 is 5.73 Å². The maximum Gasteiger partial charge on any atom is 0.123 e. The van der Waals surface area contributed by atoms with Crippen molar-refractivity contribution in [2.24, 2.45) is 11.7 Å². The molecule has 2 rings (SSSR count). The van der Waals surface area contributed by atoms with Gasteiger partial charge < -0.3 is 5.73 Å². The highest BCUT2D eigenvalue weighted by molar-refractivity contribution is 5.27. The second-order valence-electron chi connectivity index (χ2n) is 5.21. The molecule has 2 aromatic carbocycles. The van der Waals surface area contributed by atoms with E-state index in [0.29, 0.717) is 6.54 Å². The monoisotopic (exact) mass is 275 g/mol. The Bertz CT molecular complexity index is 564. The summed E-state index contributed by atoms with van der Waals surface area (Å²) in [4.78, 5) is 0. The van der Waals surface area contributed by atoms with Gasteiger partial charge in [-0.05, 0) is 73.2 Å². The highest BCUT2D eigenvalue weighted by Crippen LogP contribution is 2.18. The van der Waals surface area contributed by atoms with Crippen molar-refractivity contribution in [2.45, 2.75) is 19.8 Å². The lowest BCUT2D eigenvalue weighted by atomic mass is 9.91. The molecule has 0 aromatic heterocycles. The molecule has 2 N–H and O–H groups in total. The van der Waals surface area contributed by atoms with E-state index in [2.05, 4.69) is 0 Å². The molecule has 0 saturated carbocycles. The van der Waals surface area contributed by atoms with E-state index in [0.717, 1.165) is 29.5 Å². The summed E-state index contributed by atoms with van der Waals surface area (Å²) in [5, 5.41) is 0. The van der Waals surface area contributed by atoms with Crippen molar-refractivity contribution in [2.75, 3.05) is 6.54 Å². The van der Waals surface area contributed by atoms with Crippen molar-refractivity contribution in [1.82, 2.24) is 0 Å². The second kappa shape index (κ2) is 6.62. The minimum atomic E-state index is -0.229. The van der Waals surface area contributed by atoms with E-state index in [-0.39, 0.29) is 17.6 Å². The largest absolute Gasteiger partial charge is 0.330 e. The van der Waals surface area contributed by atoms with Gasteiger partial charge in [-0.25, -0.2) is 8.78 Å². The van der Waals surface area contributed by atoms with Gasteiger partial charge in [0.2, 0.25) is 0 Å². The summed E-state index contributed by atoms with van der Waals surface area (Å²) in [6, 6.07) is 11.3. The lowest BCUT2D eigenvalue weighted by molar-refractivity contribution is 0.530. The SMILES string of the molecule is Cc1cc(F)ccc1CC(CN)Cc1ccc(F)cc1. The first-order valence-electron chi connectivity index (χ1n) is 6.78. The van der Waals surface area contributed by atoms with Gasteiger partial charge in [0.25, 0.3) is 0 Å². The van der Waals surface area contributed by atoms with Crippen LogP contribution in [0.15, 0.2) is 42.5 Å². The molecule has 0 aliphatic rings. The Morgan fingerprint density at radius 1 is 0.950 bits per heavy atom. The van der Waals surface area contributed by atoms with Gasteiger partial charge in [0.15, 0.2) is 0 Å². The Hall–Kier alpha value is -1.74. The second-order valence-corrected chi connectivity index (χ2v) is 5.21. The number of hydrogen-bond acceptors (Lipinski definition) is 1. The standard InChI is InChI=1S/C17H19F2N/c1-12-8-17(19)7-4-15(12)10-14(11-20)9-13-2-5-16(18)6-3-13/h2-8,14H,9-11,20H2,1H3. The van der Waals surface area contributed by atoms with Crippen LogP contribution in [-0.4, -0.2) is 6.54 Å². The molecule has 0 spiro atoms. The van der Waals surface area contributed by atoms with E-state index >= 15 is 0 Å². The molecule has 0 amide bonds. The first-order valence-corrected chi connectivity index (χ1v) is 6.78. The van der Waals surface area contributed by atoms with Crippen molar-refractivity contribution in [1.29, 1.82) is 0 Å². The third kappa shape index (κ3) is 3.87. The van der Waals surface area contributed by atoms with Crippen molar-refractivity contribution < 1.29 is 8.78 Å². The smallest absolute Gasteiger partial charge is 0.123 e. The summed E-state index contributed by atoms with van der Waals surface area (Å²) in [5.74, 6) is -0.175. The van der Waals surface area contributed by atoms with E-state index in [1.165, 1.54) is 18.2 Å². The molecule has 0 aliphatic heterocycles. The van der Waals surface area contributed by atoms with Crippen LogP contribution in [-0.2, 0) is 12.8 Å². The van der Waals surface area contributed by atoms with Crippen molar-refractivity contribution in [3.63, 3.8) is 0 Å². The molecule has 0 heterocycles. The number of benzene rings is 2. The van der Waals surface area contributed by atoms with E-state index < -0.39 is 0 Å². The van der Waals surface area contributed by atoms with E-state index in [1.54, 1.807) is 18.2 Å². The van der Waals surface area contributed by atoms with Gasteiger partial charge >= 0.3 is 0 Å². The topological polar surface area (TPSA) is 26.0 Å². The summed E-state index contributed by atoms with van der Waals surface area (Å²) in [5.41, 5.74) is 8.96. The quantitative estimate of drug-likeness (QED) is 0.886. The fourth-order valence-electron chi connectivity index (χ4n) is 2.39. The molecule has 2 aromatic rings. The van der Waals surface area contributed by atoms with Gasteiger partial charge in [0, 0.05) is 0 Å². The van der Waals surface area contributed by atoms with Crippen molar-refractivity contribution >= 4 is 0 Å². The molecule has 0 aliphatic carbocycles. The Morgan fingerprint density at radius 3 is 2.20 bits per heavy atom. The molecule has 1 atom stereocenters. The number of rotatable bonds is 5. The minimum Gasteiger partial charge on any atom is -0.330 e. The molecule has 3 heteroatoms. The average molecular weight is 275 g/mol. The molecule has 0 saturated heterocycles. The fourth-order valence-corrected chi connectivity index (χ4v) is 2.39. The maximum atomic E-state index is 13.1. The first-order chi connectivity index (χ1) is 9.58. The third-order valence-corrected chi connectivity index (χ3v) is 3.58. The summed E-state index contributed by atoms with van der Waals surface area (Å²) < 4.78 is 26.0. The molecule has 1 nitrogen and oxygen atoms in total. The number of hydrogen-bond donors (Lipinski definition) is 1. The first kappa shape index (κ1) is 14.7. The zero-order chi connectivity index (χ0) is 14.5. The van der Waals surface area contributed by atoms with Gasteiger partial charge in [0.05, 0.1) is 0 Å². The van der Waals surface area contributed by atoms with Crippen LogP contribution in [0.3, 0.4) is 0 Å². The normalized spacial score (nSPS) is 12.4. The van der Waals surface area contributed by atoms with Crippen LogP contribution >= 0.6 is 0 Å². The minimum absolute atomic E-state index is 0.214. The van der Waals surface area contributed by atoms with Gasteiger partial charge in [-0.2, -0.15) is 0 Å². The lowest BCUT2D eigenvalue weighted by Crippen LogP contribution is -2.19. The van der Waals surface area contributed by atoms with E-state index in [4.69, 9.17) is 5.73 Å². The summed E-state index contributed by atoms with van der Waals surface area (Å²) in [6.07, 6.45) is 1.60. The van der Waals surface area contributed by atoms with Gasteiger partial charge in [-0.3, -0.25) is 0 Å². The maximum absolute atomic E-state index is 13.1. The van der Waals surface area contributed by atoms with Gasteiger partial charge in [-0.1, -0.05) is 18.2 Å². The molecular weight excluding hydrogens is 256 g/mol. The molecule has 20 heavy (non-hydrogen) atoms. The summed E-state index contributed by atoms with van der Waals surface area (Å²) in [7, 11) is 0. The molecule has 0 bridgehead atoms. The third-order valence-electron chi connectivity index (χ3n) is 3.58. The summed E-state index contributed by atoms with van der Waals surface area (Å²) >= 11 is 0. The van der Waals surface area contributed by atoms with Crippen molar-refractivity contribution in [3.05, 3.63) is 70.8 Å². The van der Waals surface area contributed by atoms with Crippen LogP contribution in [0.5, 0.6) is 0 Å². The van der Waals surface area contributed by atoms with Crippen LogP contribution in [0, 0.1) is 24.5 Å². The number of aryl methyl sites for hydroxylation is 1. The Labute approximate surface area is 118 Å². The Morgan fingerprint density at radius 2 is 1.60 bits per heavy atom. The molecule has 0 radical (unpaired) electrons. The molecular formula is C17H19F2N. The number of halogens is 2. The Balaban J connectivity index is 2.07. The van der Waals surface area contributed by atoms with Gasteiger partial charge in [-0.15, -0.1) is 0 Å². The zero-order valence-electron chi connectivity index (χ0n) is 11.6. The van der Waals surface area contributed by atoms with E-state index in [1.807, 2.05) is 13.0 Å². The lowest BCUT2D eigenvalue weighted by Gasteiger charge is -2.16.